The van der Waals surface area contributed by atoms with Crippen LogP contribution in [0, 0.1) is 13.8 Å². The van der Waals surface area contributed by atoms with Crippen LogP contribution in [-0.2, 0) is 16.1 Å². The SMILES string of the molecule is Cc1cccc(C2SCC(=O)N(CC(=O)NCc3ccccn3)c3c2c(-c2ccccc2)nn3-c2cccc(C)c2)c1. The third-order valence-corrected chi connectivity index (χ3v) is 8.48. The van der Waals surface area contributed by atoms with Gasteiger partial charge in [-0.15, -0.1) is 11.8 Å². The van der Waals surface area contributed by atoms with Crippen LogP contribution >= 0.6 is 11.8 Å². The molecule has 7 nitrogen and oxygen atoms in total. The first-order chi connectivity index (χ1) is 20.5. The van der Waals surface area contributed by atoms with Gasteiger partial charge in [0.15, 0.2) is 0 Å². The molecule has 0 bridgehead atoms. The van der Waals surface area contributed by atoms with Crippen molar-refractivity contribution in [3.63, 3.8) is 0 Å². The molecule has 8 heteroatoms. The van der Waals surface area contributed by atoms with Gasteiger partial charge in [0.05, 0.1) is 34.6 Å². The van der Waals surface area contributed by atoms with Crippen molar-refractivity contribution >= 4 is 29.4 Å². The van der Waals surface area contributed by atoms with Gasteiger partial charge in [-0.05, 0) is 49.2 Å². The highest BCUT2D eigenvalue weighted by atomic mass is 32.2. The second-order valence-corrected chi connectivity index (χ2v) is 11.5. The summed E-state index contributed by atoms with van der Waals surface area (Å²) in [5.41, 5.74) is 7.55. The van der Waals surface area contributed by atoms with Crippen LogP contribution in [0.25, 0.3) is 16.9 Å². The number of pyridine rings is 1. The number of aryl methyl sites for hydroxylation is 2. The van der Waals surface area contributed by atoms with Crippen LogP contribution in [-0.4, -0.2) is 38.9 Å². The fourth-order valence-corrected chi connectivity index (χ4v) is 6.44. The van der Waals surface area contributed by atoms with Crippen LogP contribution in [0.5, 0.6) is 0 Å². The molecule has 3 heterocycles. The van der Waals surface area contributed by atoms with E-state index in [1.54, 1.807) is 22.9 Å². The van der Waals surface area contributed by atoms with Crippen molar-refractivity contribution in [2.24, 2.45) is 0 Å². The Hall–Kier alpha value is -4.69. The predicted octanol–water partition coefficient (Wildman–Crippen LogP) is 6.04. The summed E-state index contributed by atoms with van der Waals surface area (Å²) in [5.74, 6) is 0.437. The molecule has 0 fully saturated rings. The number of benzene rings is 3. The molecule has 1 atom stereocenters. The molecule has 2 amide bonds. The number of carbonyl (C=O) groups is 2. The molecular weight excluding hydrogens is 542 g/mol. The lowest BCUT2D eigenvalue weighted by Crippen LogP contribution is -2.42. The standard InChI is InChI=1S/C34H31N5O2S/c1-23-10-8-14-26(18-23)33-31-32(25-12-4-3-5-13-25)37-39(28-16-9-11-24(2)19-28)34(31)38(30(41)22-42-33)21-29(40)36-20-27-15-6-7-17-35-27/h3-19,33H,20-22H2,1-2H3,(H,36,40). The normalized spacial score (nSPS) is 14.8. The van der Waals surface area contributed by atoms with E-state index in [1.165, 1.54) is 0 Å². The Balaban J connectivity index is 1.52. The maximum absolute atomic E-state index is 13.9. The first-order valence-corrected chi connectivity index (χ1v) is 14.9. The highest BCUT2D eigenvalue weighted by molar-refractivity contribution is 8.00. The van der Waals surface area contributed by atoms with Gasteiger partial charge in [0, 0.05) is 17.3 Å². The molecule has 0 aliphatic carbocycles. The van der Waals surface area contributed by atoms with Crippen molar-refractivity contribution in [2.75, 3.05) is 17.2 Å². The molecule has 2 aromatic heterocycles. The zero-order chi connectivity index (χ0) is 29.1. The van der Waals surface area contributed by atoms with Gasteiger partial charge in [0.1, 0.15) is 12.4 Å². The second-order valence-electron chi connectivity index (χ2n) is 10.4. The number of thioether (sulfide) groups is 1. The molecule has 3 aromatic carbocycles. The largest absolute Gasteiger partial charge is 0.349 e. The van der Waals surface area contributed by atoms with Gasteiger partial charge in [-0.3, -0.25) is 19.5 Å². The summed E-state index contributed by atoms with van der Waals surface area (Å²) < 4.78 is 1.84. The van der Waals surface area contributed by atoms with Crippen LogP contribution < -0.4 is 10.2 Å². The Kier molecular flexibility index (Phi) is 7.88. The van der Waals surface area contributed by atoms with Crippen molar-refractivity contribution in [3.05, 3.63) is 131 Å². The van der Waals surface area contributed by atoms with E-state index in [2.05, 4.69) is 35.4 Å². The lowest BCUT2D eigenvalue weighted by Gasteiger charge is -2.23. The van der Waals surface area contributed by atoms with Gasteiger partial charge in [-0.2, -0.15) is 5.10 Å². The van der Waals surface area contributed by atoms with E-state index in [9.17, 15) is 9.59 Å². The topological polar surface area (TPSA) is 80.1 Å². The number of carbonyl (C=O) groups excluding carboxylic acids is 2. The minimum Gasteiger partial charge on any atom is -0.349 e. The average Bonchev–Trinajstić information content (AvgIpc) is 3.33. The Labute approximate surface area is 249 Å². The molecule has 0 saturated carbocycles. The third kappa shape index (κ3) is 5.71. The summed E-state index contributed by atoms with van der Waals surface area (Å²) in [4.78, 5) is 33.2. The minimum absolute atomic E-state index is 0.133. The fraction of sp³-hybridized carbons (Fsp3) is 0.176. The molecular formula is C34H31N5O2S. The maximum Gasteiger partial charge on any atom is 0.240 e. The van der Waals surface area contributed by atoms with E-state index in [0.717, 1.165) is 44.9 Å². The van der Waals surface area contributed by atoms with Gasteiger partial charge < -0.3 is 5.32 Å². The first kappa shape index (κ1) is 27.5. The summed E-state index contributed by atoms with van der Waals surface area (Å²) in [6, 6.07) is 32.1. The van der Waals surface area contributed by atoms with Gasteiger partial charge in [-0.1, -0.05) is 78.4 Å². The van der Waals surface area contributed by atoms with Gasteiger partial charge >= 0.3 is 0 Å². The van der Waals surface area contributed by atoms with Crippen LogP contribution in [0.4, 0.5) is 5.82 Å². The highest BCUT2D eigenvalue weighted by Gasteiger charge is 2.37. The van der Waals surface area contributed by atoms with Crippen LogP contribution in [0.2, 0.25) is 0 Å². The number of fused-ring (bicyclic) bond motifs is 1. The zero-order valence-electron chi connectivity index (χ0n) is 23.5. The average molecular weight is 574 g/mol. The molecule has 5 aromatic rings. The summed E-state index contributed by atoms with van der Waals surface area (Å²) in [6.07, 6.45) is 1.69. The Morgan fingerprint density at radius 3 is 2.43 bits per heavy atom. The molecule has 0 spiro atoms. The Bertz CT molecular complexity index is 1740. The second kappa shape index (κ2) is 12.0. The molecule has 42 heavy (non-hydrogen) atoms. The van der Waals surface area contributed by atoms with Crippen LogP contribution in [0.1, 0.15) is 33.2 Å². The zero-order valence-corrected chi connectivity index (χ0v) is 24.3. The molecule has 0 saturated heterocycles. The minimum atomic E-state index is -0.266. The van der Waals surface area contributed by atoms with E-state index in [0.29, 0.717) is 5.82 Å². The summed E-state index contributed by atoms with van der Waals surface area (Å²) in [5, 5.41) is 7.94. The molecule has 210 valence electrons. The number of aromatic nitrogens is 3. The summed E-state index contributed by atoms with van der Waals surface area (Å²) >= 11 is 1.57. The molecule has 1 aliphatic rings. The Morgan fingerprint density at radius 1 is 0.929 bits per heavy atom. The number of hydrogen-bond acceptors (Lipinski definition) is 5. The van der Waals surface area contributed by atoms with E-state index < -0.39 is 0 Å². The van der Waals surface area contributed by atoms with Gasteiger partial charge in [-0.25, -0.2) is 4.68 Å². The predicted molar refractivity (Wildman–Crippen MR) is 168 cm³/mol. The van der Waals surface area contributed by atoms with E-state index in [4.69, 9.17) is 5.10 Å². The number of nitrogens with zero attached hydrogens (tertiary/aromatic N) is 4. The van der Waals surface area contributed by atoms with Crippen molar-refractivity contribution < 1.29 is 9.59 Å². The monoisotopic (exact) mass is 573 g/mol. The van der Waals surface area contributed by atoms with Crippen molar-refractivity contribution in [1.29, 1.82) is 0 Å². The number of hydrogen-bond donors (Lipinski definition) is 1. The lowest BCUT2D eigenvalue weighted by atomic mass is 9.98. The quantitative estimate of drug-likeness (QED) is 0.257. The first-order valence-electron chi connectivity index (χ1n) is 13.9. The number of nitrogens with one attached hydrogen (secondary N) is 1. The van der Waals surface area contributed by atoms with Crippen LogP contribution in [0.15, 0.2) is 103 Å². The molecule has 1 unspecified atom stereocenters. The lowest BCUT2D eigenvalue weighted by molar-refractivity contribution is -0.123. The van der Waals surface area contributed by atoms with Crippen molar-refractivity contribution in [1.82, 2.24) is 20.1 Å². The number of amides is 2. The fourth-order valence-electron chi connectivity index (χ4n) is 5.26. The third-order valence-electron chi connectivity index (χ3n) is 7.22. The van der Waals surface area contributed by atoms with Gasteiger partial charge in [0.25, 0.3) is 0 Å². The molecule has 1 aliphatic heterocycles. The Morgan fingerprint density at radius 2 is 1.69 bits per heavy atom. The molecule has 0 radical (unpaired) electrons. The van der Waals surface area contributed by atoms with Crippen molar-refractivity contribution in [2.45, 2.75) is 25.6 Å². The summed E-state index contributed by atoms with van der Waals surface area (Å²) in [6.45, 7) is 4.25. The smallest absolute Gasteiger partial charge is 0.240 e. The van der Waals surface area contributed by atoms with Crippen LogP contribution in [0.3, 0.4) is 0 Å². The highest BCUT2D eigenvalue weighted by Crippen LogP contribution is 2.48. The molecule has 6 rings (SSSR count). The maximum atomic E-state index is 13.9. The van der Waals surface area contributed by atoms with E-state index in [1.807, 2.05) is 90.5 Å². The van der Waals surface area contributed by atoms with E-state index >= 15 is 0 Å². The number of anilines is 1. The number of rotatable bonds is 7. The van der Waals surface area contributed by atoms with Crippen molar-refractivity contribution in [3.8, 4) is 16.9 Å². The molecule has 1 N–H and O–H groups in total. The van der Waals surface area contributed by atoms with E-state index in [-0.39, 0.29) is 35.9 Å². The van der Waals surface area contributed by atoms with Gasteiger partial charge in [0.2, 0.25) is 11.8 Å². The summed E-state index contributed by atoms with van der Waals surface area (Å²) in [7, 11) is 0.